The predicted octanol–water partition coefficient (Wildman–Crippen LogP) is 7.16. The number of nitrogens with zero attached hydrogens (tertiary/aromatic N) is 1. The topological polar surface area (TPSA) is 55.8 Å². The van der Waals surface area contributed by atoms with Gasteiger partial charge in [-0.1, -0.05) is 56.0 Å². The summed E-state index contributed by atoms with van der Waals surface area (Å²) in [4.78, 5) is 29.1. The summed E-state index contributed by atoms with van der Waals surface area (Å²) in [6.45, 7) is 15.7. The van der Waals surface area contributed by atoms with Crippen LogP contribution in [0.2, 0.25) is 0 Å². The molecule has 2 aromatic carbocycles. The first-order chi connectivity index (χ1) is 17.9. The van der Waals surface area contributed by atoms with E-state index < -0.39 is 17.7 Å². The maximum Gasteiger partial charge on any atom is 0.339 e. The number of hydrogen-bond donors (Lipinski definition) is 0. The first kappa shape index (κ1) is 28.4. The molecule has 1 aliphatic heterocycles. The van der Waals surface area contributed by atoms with Crippen LogP contribution < -0.4 is 0 Å². The van der Waals surface area contributed by atoms with E-state index in [9.17, 15) is 9.59 Å². The summed E-state index contributed by atoms with van der Waals surface area (Å²) in [5.41, 5.74) is 7.94. The molecule has 1 saturated carbocycles. The highest BCUT2D eigenvalue weighted by Crippen LogP contribution is 2.44. The Morgan fingerprint density at radius 2 is 1.58 bits per heavy atom. The molecule has 0 bridgehead atoms. The van der Waals surface area contributed by atoms with Crippen LogP contribution in [0.5, 0.6) is 0 Å². The molecular weight excluding hydrogens is 474 g/mol. The second-order valence-corrected chi connectivity index (χ2v) is 12.6. The monoisotopic (exact) mass is 519 g/mol. The normalized spacial score (nSPS) is 18.1. The van der Waals surface area contributed by atoms with Crippen molar-refractivity contribution in [2.24, 2.45) is 5.41 Å². The van der Waals surface area contributed by atoms with Crippen molar-refractivity contribution in [3.05, 3.63) is 57.6 Å². The molecule has 0 N–H and O–H groups in total. The average molecular weight is 520 g/mol. The Bertz CT molecular complexity index is 1200. The number of carbonyl (C=O) groups excluding carboxylic acids is 2. The van der Waals surface area contributed by atoms with Crippen molar-refractivity contribution in [3.63, 3.8) is 0 Å². The third-order valence-corrected chi connectivity index (χ3v) is 8.55. The van der Waals surface area contributed by atoms with Crippen LogP contribution in [-0.2, 0) is 32.0 Å². The van der Waals surface area contributed by atoms with Gasteiger partial charge >= 0.3 is 5.97 Å². The molecule has 0 saturated heterocycles. The zero-order chi connectivity index (χ0) is 27.8. The summed E-state index contributed by atoms with van der Waals surface area (Å²) in [5, 5.41) is 0. The Balaban J connectivity index is 1.88. The molecule has 0 spiro atoms. The van der Waals surface area contributed by atoms with Crippen molar-refractivity contribution in [1.29, 1.82) is 0 Å². The van der Waals surface area contributed by atoms with Gasteiger partial charge in [0.25, 0.3) is 0 Å². The predicted molar refractivity (Wildman–Crippen MR) is 152 cm³/mol. The van der Waals surface area contributed by atoms with E-state index in [1.165, 1.54) is 30.2 Å². The summed E-state index contributed by atoms with van der Waals surface area (Å²) in [6.07, 6.45) is 5.38. The number of hydrogen-bond acceptors (Lipinski definition) is 4. The first-order valence-electron chi connectivity index (χ1n) is 14.1. The van der Waals surface area contributed by atoms with E-state index in [0.29, 0.717) is 19.0 Å². The van der Waals surface area contributed by atoms with Gasteiger partial charge in [-0.3, -0.25) is 4.79 Å². The van der Waals surface area contributed by atoms with Crippen LogP contribution in [0.25, 0.3) is 11.1 Å². The maximum atomic E-state index is 13.8. The molecule has 0 unspecified atom stereocenters. The quantitative estimate of drug-likeness (QED) is 0.393. The van der Waals surface area contributed by atoms with E-state index >= 15 is 0 Å². The average Bonchev–Trinajstić information content (AvgIpc) is 2.88. The number of rotatable bonds is 5. The second kappa shape index (κ2) is 10.8. The zero-order valence-electron chi connectivity index (χ0n) is 24.6. The standard InChI is InChI=1S/C33H45NO4/c1-21-12-14-24(15-13-21)27-23(3)26-20-34(31(36)33(7)17-10-9-11-18-33)19-16-25(26)22(2)28(27)29(30(35)37-8)38-32(4,5)6/h12-15,29H,9-11,16-20H2,1-8H3/t29-/m0/s1. The molecule has 206 valence electrons. The van der Waals surface area contributed by atoms with Crippen molar-refractivity contribution in [3.8, 4) is 11.1 Å². The van der Waals surface area contributed by atoms with E-state index in [0.717, 1.165) is 59.9 Å². The Labute approximate surface area is 228 Å². The third kappa shape index (κ3) is 5.54. The van der Waals surface area contributed by atoms with Gasteiger partial charge in [0.1, 0.15) is 0 Å². The molecule has 0 radical (unpaired) electrons. The number of amides is 1. The lowest BCUT2D eigenvalue weighted by molar-refractivity contribution is -0.164. The molecular formula is C33H45NO4. The van der Waals surface area contributed by atoms with Crippen LogP contribution in [0, 0.1) is 26.2 Å². The van der Waals surface area contributed by atoms with Crippen molar-refractivity contribution in [1.82, 2.24) is 4.90 Å². The van der Waals surface area contributed by atoms with Crippen LogP contribution >= 0.6 is 0 Å². The molecule has 2 aliphatic rings. The third-order valence-electron chi connectivity index (χ3n) is 8.55. The van der Waals surface area contributed by atoms with Crippen LogP contribution in [0.15, 0.2) is 24.3 Å². The SMILES string of the molecule is COC(=O)[C@@H](OC(C)(C)C)c1c(C)c2c(c(C)c1-c1ccc(C)cc1)CN(C(=O)C1(C)CCCCC1)CC2. The number of methoxy groups -OCH3 is 1. The van der Waals surface area contributed by atoms with E-state index in [1.807, 2.05) is 20.8 Å². The Morgan fingerprint density at radius 1 is 0.947 bits per heavy atom. The van der Waals surface area contributed by atoms with Gasteiger partial charge < -0.3 is 14.4 Å². The van der Waals surface area contributed by atoms with E-state index in [-0.39, 0.29) is 5.41 Å². The van der Waals surface area contributed by atoms with E-state index in [1.54, 1.807) is 0 Å². The van der Waals surface area contributed by atoms with Gasteiger partial charge in [0.15, 0.2) is 6.10 Å². The smallest absolute Gasteiger partial charge is 0.339 e. The first-order valence-corrected chi connectivity index (χ1v) is 14.1. The van der Waals surface area contributed by atoms with E-state index in [2.05, 4.69) is 56.9 Å². The van der Waals surface area contributed by atoms with Crippen LogP contribution in [0.1, 0.15) is 99.3 Å². The lowest BCUT2D eigenvalue weighted by atomic mass is 9.74. The molecule has 5 heteroatoms. The molecule has 1 atom stereocenters. The van der Waals surface area contributed by atoms with Gasteiger partial charge in [-0.15, -0.1) is 0 Å². The number of fused-ring (bicyclic) bond motifs is 1. The van der Waals surface area contributed by atoms with Crippen molar-refractivity contribution in [2.45, 2.75) is 105 Å². The largest absolute Gasteiger partial charge is 0.467 e. The number of ether oxygens (including phenoxy) is 2. The van der Waals surface area contributed by atoms with Gasteiger partial charge in [-0.2, -0.15) is 0 Å². The van der Waals surface area contributed by atoms with Crippen molar-refractivity contribution < 1.29 is 19.1 Å². The Morgan fingerprint density at radius 3 is 2.16 bits per heavy atom. The van der Waals surface area contributed by atoms with Gasteiger partial charge in [0, 0.05) is 24.1 Å². The minimum atomic E-state index is -0.846. The second-order valence-electron chi connectivity index (χ2n) is 12.6. The molecule has 1 fully saturated rings. The van der Waals surface area contributed by atoms with Gasteiger partial charge in [0.2, 0.25) is 5.91 Å². The van der Waals surface area contributed by atoms with E-state index in [4.69, 9.17) is 9.47 Å². The highest BCUT2D eigenvalue weighted by molar-refractivity contribution is 5.86. The fourth-order valence-electron chi connectivity index (χ4n) is 6.43. The number of benzene rings is 2. The Kier molecular flexibility index (Phi) is 8.09. The fraction of sp³-hybridized carbons (Fsp3) is 0.576. The summed E-state index contributed by atoms with van der Waals surface area (Å²) in [6, 6.07) is 8.44. The summed E-state index contributed by atoms with van der Waals surface area (Å²) in [7, 11) is 1.42. The Hall–Kier alpha value is -2.66. The van der Waals surface area contributed by atoms with Gasteiger partial charge in [-0.25, -0.2) is 4.79 Å². The lowest BCUT2D eigenvalue weighted by Gasteiger charge is -2.40. The van der Waals surface area contributed by atoms with Crippen LogP contribution in [-0.4, -0.2) is 36.0 Å². The molecule has 1 heterocycles. The highest BCUT2D eigenvalue weighted by atomic mass is 16.6. The van der Waals surface area contributed by atoms with Crippen LogP contribution in [0.4, 0.5) is 0 Å². The molecule has 4 rings (SSSR count). The fourth-order valence-corrected chi connectivity index (χ4v) is 6.43. The van der Waals surface area contributed by atoms with Crippen molar-refractivity contribution >= 4 is 11.9 Å². The van der Waals surface area contributed by atoms with Crippen LogP contribution in [0.3, 0.4) is 0 Å². The number of esters is 1. The van der Waals surface area contributed by atoms with Gasteiger partial charge in [0.05, 0.1) is 12.7 Å². The number of carbonyl (C=O) groups is 2. The number of aryl methyl sites for hydroxylation is 1. The summed E-state index contributed by atoms with van der Waals surface area (Å²) < 4.78 is 11.7. The molecule has 38 heavy (non-hydrogen) atoms. The minimum absolute atomic E-state index is 0.255. The zero-order valence-corrected chi connectivity index (χ0v) is 24.6. The van der Waals surface area contributed by atoms with Crippen molar-refractivity contribution in [2.75, 3.05) is 13.7 Å². The summed E-state index contributed by atoms with van der Waals surface area (Å²) in [5.74, 6) is -0.0991. The lowest BCUT2D eigenvalue weighted by Crippen LogP contribution is -2.46. The van der Waals surface area contributed by atoms with Gasteiger partial charge in [-0.05, 0) is 94.2 Å². The minimum Gasteiger partial charge on any atom is -0.467 e. The molecule has 2 aromatic rings. The maximum absolute atomic E-state index is 13.8. The summed E-state index contributed by atoms with van der Waals surface area (Å²) >= 11 is 0. The molecule has 1 amide bonds. The molecule has 0 aromatic heterocycles. The molecule has 5 nitrogen and oxygen atoms in total. The molecule has 1 aliphatic carbocycles. The highest BCUT2D eigenvalue weighted by Gasteiger charge is 2.40.